The van der Waals surface area contributed by atoms with Gasteiger partial charge in [0, 0.05) is 5.92 Å². The average molecular weight is 248 g/mol. The van der Waals surface area contributed by atoms with Gasteiger partial charge in [-0.1, -0.05) is 6.92 Å². The van der Waals surface area contributed by atoms with E-state index in [1.54, 1.807) is 6.92 Å². The number of aldehydes is 1. The van der Waals surface area contributed by atoms with E-state index in [9.17, 15) is 4.79 Å². The molecule has 0 aromatic heterocycles. The van der Waals surface area contributed by atoms with Gasteiger partial charge in [-0.2, -0.15) is 0 Å². The molecule has 1 unspecified atom stereocenters. The van der Waals surface area contributed by atoms with Crippen LogP contribution >= 0.6 is 8.96 Å². The maximum Gasteiger partial charge on any atom is 0.136 e. The maximum absolute atomic E-state index is 10.3. The third-order valence-electron chi connectivity index (χ3n) is 2.74. The van der Waals surface area contributed by atoms with Crippen molar-refractivity contribution in [3.63, 3.8) is 0 Å². The number of hydrogen-bond donors (Lipinski definition) is 2. The lowest BCUT2D eigenvalue weighted by atomic mass is 10.0. The zero-order chi connectivity index (χ0) is 12.0. The second-order valence-corrected chi connectivity index (χ2v) is 4.89. The first-order chi connectivity index (χ1) is 7.67. The van der Waals surface area contributed by atoms with Crippen LogP contribution in [0.5, 0.6) is 0 Å². The van der Waals surface area contributed by atoms with Gasteiger partial charge in [-0.05, 0) is 19.8 Å². The van der Waals surface area contributed by atoms with Gasteiger partial charge in [-0.15, -0.1) is 0 Å². The second-order valence-electron chi connectivity index (χ2n) is 4.11. The van der Waals surface area contributed by atoms with Crippen LogP contribution in [0.15, 0.2) is 0 Å². The van der Waals surface area contributed by atoms with E-state index in [0.717, 1.165) is 19.1 Å². The summed E-state index contributed by atoms with van der Waals surface area (Å²) in [6, 6.07) is -0.159. The van der Waals surface area contributed by atoms with Crippen LogP contribution in [0.1, 0.15) is 26.7 Å². The lowest BCUT2D eigenvalue weighted by Gasteiger charge is -2.12. The second kappa shape index (κ2) is 7.30. The van der Waals surface area contributed by atoms with Crippen LogP contribution in [0.2, 0.25) is 0 Å². The highest BCUT2D eigenvalue weighted by Crippen LogP contribution is 2.27. The Labute approximate surface area is 98.4 Å². The largest absolute Gasteiger partial charge is 0.358 e. The maximum atomic E-state index is 10.3. The number of carbonyl (C=O) groups is 1. The van der Waals surface area contributed by atoms with Crippen molar-refractivity contribution >= 4 is 15.2 Å². The summed E-state index contributed by atoms with van der Waals surface area (Å²) in [5.74, 6) is 0.443. The monoisotopic (exact) mass is 248 g/mol. The van der Waals surface area contributed by atoms with Crippen LogP contribution < -0.4 is 10.8 Å². The van der Waals surface area contributed by atoms with Crippen LogP contribution in [0.4, 0.5) is 0 Å². The number of hydrogen-bond acceptors (Lipinski definition) is 5. The molecule has 5 atom stereocenters. The van der Waals surface area contributed by atoms with E-state index in [4.69, 9.17) is 15.0 Å². The molecule has 16 heavy (non-hydrogen) atoms. The van der Waals surface area contributed by atoms with E-state index in [2.05, 4.69) is 12.0 Å². The number of rotatable bonds is 7. The molecule has 6 heteroatoms. The molecule has 0 radical (unpaired) electrons. The van der Waals surface area contributed by atoms with Gasteiger partial charge in [-0.3, -0.25) is 5.09 Å². The number of carbonyl (C=O) groups excluding carboxylic acids is 1. The Balaban J connectivity index is 2.08. The van der Waals surface area contributed by atoms with Crippen molar-refractivity contribution in [1.82, 2.24) is 5.09 Å². The van der Waals surface area contributed by atoms with Crippen molar-refractivity contribution in [1.29, 1.82) is 0 Å². The molecular weight excluding hydrogens is 227 g/mol. The topological polar surface area (TPSA) is 73.6 Å². The number of ether oxygens (including phenoxy) is 1. The highest BCUT2D eigenvalue weighted by atomic mass is 31.1. The zero-order valence-electron chi connectivity index (χ0n) is 9.81. The van der Waals surface area contributed by atoms with Crippen molar-refractivity contribution < 1.29 is 14.1 Å². The van der Waals surface area contributed by atoms with Gasteiger partial charge in [0.05, 0.1) is 27.7 Å². The van der Waals surface area contributed by atoms with Crippen LogP contribution in [0, 0.1) is 5.92 Å². The minimum atomic E-state index is -0.159. The Hall–Kier alpha value is -0.0600. The van der Waals surface area contributed by atoms with Crippen molar-refractivity contribution in [2.24, 2.45) is 11.7 Å². The van der Waals surface area contributed by atoms with Crippen molar-refractivity contribution in [3.8, 4) is 0 Å². The van der Waals surface area contributed by atoms with Gasteiger partial charge in [0.15, 0.2) is 0 Å². The third kappa shape index (κ3) is 4.44. The minimum absolute atomic E-state index is 0.0980. The van der Waals surface area contributed by atoms with E-state index >= 15 is 0 Å². The van der Waals surface area contributed by atoms with Crippen molar-refractivity contribution in [2.75, 3.05) is 6.61 Å². The average Bonchev–Trinajstić information content (AvgIpc) is 2.64. The summed E-state index contributed by atoms with van der Waals surface area (Å²) < 4.78 is 11.0. The standard InChI is InChI=1S/C10H21N2O3P/c1-3-8-4-9(15-10(8)11)6-14-16-12-7(2)5-13/h5,7-10,12,16H,3-4,6,11H2,1-2H3/t7-,8-,9-,10+/m0/s1. The number of nitrogens with two attached hydrogens (primary N) is 1. The molecule has 1 aliphatic rings. The summed E-state index contributed by atoms with van der Waals surface area (Å²) in [4.78, 5) is 10.3. The predicted octanol–water partition coefficient (Wildman–Crippen LogP) is 0.788. The first-order valence-electron chi connectivity index (χ1n) is 5.66. The molecule has 1 fully saturated rings. The van der Waals surface area contributed by atoms with Crippen LogP contribution in [0.25, 0.3) is 0 Å². The molecule has 3 N–H and O–H groups in total. The Bertz CT molecular complexity index is 218. The van der Waals surface area contributed by atoms with E-state index in [0.29, 0.717) is 12.5 Å². The first kappa shape index (κ1) is 14.0. The van der Waals surface area contributed by atoms with Crippen LogP contribution in [-0.4, -0.2) is 31.3 Å². The predicted molar refractivity (Wildman–Crippen MR) is 64.2 cm³/mol. The van der Waals surface area contributed by atoms with Crippen molar-refractivity contribution in [3.05, 3.63) is 0 Å². The smallest absolute Gasteiger partial charge is 0.136 e. The molecule has 1 rings (SSSR count). The normalized spacial score (nSPS) is 32.3. The van der Waals surface area contributed by atoms with E-state index < -0.39 is 0 Å². The van der Waals surface area contributed by atoms with Gasteiger partial charge in [0.2, 0.25) is 0 Å². The Morgan fingerprint density at radius 3 is 3.06 bits per heavy atom. The quantitative estimate of drug-likeness (QED) is 0.396. The highest BCUT2D eigenvalue weighted by molar-refractivity contribution is 7.29. The summed E-state index contributed by atoms with van der Waals surface area (Å²) in [5.41, 5.74) is 5.82. The first-order valence-corrected chi connectivity index (χ1v) is 6.56. The molecule has 0 aromatic carbocycles. The lowest BCUT2D eigenvalue weighted by molar-refractivity contribution is -0.108. The summed E-state index contributed by atoms with van der Waals surface area (Å²) >= 11 is 0. The molecule has 94 valence electrons. The van der Waals surface area contributed by atoms with Gasteiger partial charge in [-0.25, -0.2) is 0 Å². The van der Waals surface area contributed by atoms with E-state index in [1.165, 1.54) is 0 Å². The highest BCUT2D eigenvalue weighted by Gasteiger charge is 2.31. The molecule has 0 spiro atoms. The van der Waals surface area contributed by atoms with E-state index in [1.807, 2.05) is 0 Å². The van der Waals surface area contributed by atoms with Crippen LogP contribution in [0.3, 0.4) is 0 Å². The molecule has 0 amide bonds. The van der Waals surface area contributed by atoms with Gasteiger partial charge in [0.25, 0.3) is 0 Å². The van der Waals surface area contributed by atoms with E-state index in [-0.39, 0.29) is 27.3 Å². The summed E-state index contributed by atoms with van der Waals surface area (Å²) in [5, 5.41) is 2.94. The van der Waals surface area contributed by atoms with Crippen molar-refractivity contribution in [2.45, 2.75) is 45.1 Å². The summed E-state index contributed by atoms with van der Waals surface area (Å²) in [6.45, 7) is 4.45. The Morgan fingerprint density at radius 1 is 1.75 bits per heavy atom. The molecule has 0 aliphatic carbocycles. The fourth-order valence-electron chi connectivity index (χ4n) is 1.67. The van der Waals surface area contributed by atoms with Gasteiger partial charge < -0.3 is 19.8 Å². The molecule has 1 heterocycles. The van der Waals surface area contributed by atoms with Gasteiger partial charge >= 0.3 is 0 Å². The molecule has 0 bridgehead atoms. The molecule has 1 saturated heterocycles. The fourth-order valence-corrected chi connectivity index (χ4v) is 2.28. The third-order valence-corrected chi connectivity index (χ3v) is 3.62. The SMILES string of the molecule is CC[C@H]1C[C@@H](COPN[C@@H](C)C=O)O[C@H]1N. The lowest BCUT2D eigenvalue weighted by Crippen LogP contribution is -2.26. The Morgan fingerprint density at radius 2 is 2.50 bits per heavy atom. The number of nitrogens with one attached hydrogen (secondary N) is 1. The minimum Gasteiger partial charge on any atom is -0.358 e. The molecule has 0 saturated carbocycles. The summed E-state index contributed by atoms with van der Waals surface area (Å²) in [7, 11) is 0.129. The molecular formula is C10H21N2O3P. The van der Waals surface area contributed by atoms with Gasteiger partial charge in [0.1, 0.15) is 12.5 Å². The molecule has 0 aromatic rings. The van der Waals surface area contributed by atoms with Crippen LogP contribution in [-0.2, 0) is 14.1 Å². The fraction of sp³-hybridized carbons (Fsp3) is 0.900. The Kier molecular flexibility index (Phi) is 6.39. The molecule has 1 aliphatic heterocycles. The molecule has 5 nitrogen and oxygen atoms in total. The summed E-state index contributed by atoms with van der Waals surface area (Å²) in [6.07, 6.45) is 2.81. The zero-order valence-corrected chi connectivity index (χ0v) is 10.8.